The predicted molar refractivity (Wildman–Crippen MR) is 74.2 cm³/mol. The van der Waals surface area contributed by atoms with E-state index in [0.717, 1.165) is 5.69 Å². The van der Waals surface area contributed by atoms with Gasteiger partial charge >= 0.3 is 0 Å². The first-order valence-electron chi connectivity index (χ1n) is 6.62. The highest BCUT2D eigenvalue weighted by atomic mass is 32.2. The maximum atomic E-state index is 11.5. The summed E-state index contributed by atoms with van der Waals surface area (Å²) >= 11 is 0. The average Bonchev–Trinajstić information content (AvgIpc) is 2.92. The fraction of sp³-hybridized carbons (Fsp3) is 0.750. The lowest BCUT2D eigenvalue weighted by Gasteiger charge is -2.20. The van der Waals surface area contributed by atoms with Crippen molar-refractivity contribution in [2.45, 2.75) is 38.8 Å². The molecule has 0 aromatic carbocycles. The largest absolute Gasteiger partial charge is 0.271 e. The minimum absolute atomic E-state index is 0.0345. The molecule has 1 aromatic rings. The topological polar surface area (TPSA) is 90.0 Å². The zero-order chi connectivity index (χ0) is 14.0. The minimum atomic E-state index is -2.87. The van der Waals surface area contributed by atoms with Crippen LogP contribution in [0.4, 0.5) is 0 Å². The second kappa shape index (κ2) is 5.60. The van der Waals surface area contributed by atoms with E-state index in [0.29, 0.717) is 18.9 Å². The number of hydrogen-bond acceptors (Lipinski definition) is 5. The first-order valence-corrected chi connectivity index (χ1v) is 8.44. The normalized spacial score (nSPS) is 23.9. The van der Waals surface area contributed by atoms with E-state index >= 15 is 0 Å². The Morgan fingerprint density at radius 3 is 2.79 bits per heavy atom. The summed E-state index contributed by atoms with van der Waals surface area (Å²) in [6, 6.07) is 2.26. The molecular formula is C12H22N4O2S. The summed E-state index contributed by atoms with van der Waals surface area (Å²) in [5.41, 5.74) is 3.70. The summed E-state index contributed by atoms with van der Waals surface area (Å²) in [5.74, 6) is 6.16. The van der Waals surface area contributed by atoms with Crippen molar-refractivity contribution in [1.82, 2.24) is 15.2 Å². The van der Waals surface area contributed by atoms with Crippen LogP contribution in [0.15, 0.2) is 12.3 Å². The van der Waals surface area contributed by atoms with Crippen LogP contribution in [0, 0.1) is 5.92 Å². The van der Waals surface area contributed by atoms with Crippen LogP contribution in [0.1, 0.15) is 32.0 Å². The van der Waals surface area contributed by atoms with Crippen LogP contribution in [0.25, 0.3) is 0 Å². The number of nitrogens with two attached hydrogens (primary N) is 1. The molecule has 1 aliphatic rings. The zero-order valence-corrected chi connectivity index (χ0v) is 12.2. The highest BCUT2D eigenvalue weighted by molar-refractivity contribution is 7.91. The minimum Gasteiger partial charge on any atom is -0.271 e. The van der Waals surface area contributed by atoms with Gasteiger partial charge in [0, 0.05) is 24.7 Å². The molecule has 19 heavy (non-hydrogen) atoms. The summed E-state index contributed by atoms with van der Waals surface area (Å²) in [6.07, 6.45) is 3.29. The number of aromatic nitrogens is 2. The number of nitrogens with one attached hydrogen (secondary N) is 1. The third-order valence-electron chi connectivity index (χ3n) is 3.67. The van der Waals surface area contributed by atoms with Gasteiger partial charge in [0.05, 0.1) is 17.2 Å². The highest BCUT2D eigenvalue weighted by Gasteiger charge is 2.33. The van der Waals surface area contributed by atoms with E-state index in [4.69, 9.17) is 5.84 Å². The summed E-state index contributed by atoms with van der Waals surface area (Å²) < 4.78 is 24.9. The average molecular weight is 286 g/mol. The van der Waals surface area contributed by atoms with E-state index in [1.165, 1.54) is 0 Å². The molecule has 0 amide bonds. The molecule has 0 spiro atoms. The van der Waals surface area contributed by atoms with Gasteiger partial charge in [-0.2, -0.15) is 5.10 Å². The Labute approximate surface area is 114 Å². The number of sulfone groups is 1. The van der Waals surface area contributed by atoms with Gasteiger partial charge in [0.1, 0.15) is 0 Å². The Hall–Kier alpha value is -0.920. The number of nitrogens with zero attached hydrogens (tertiary/aromatic N) is 2. The zero-order valence-electron chi connectivity index (χ0n) is 11.4. The number of rotatable bonds is 5. The van der Waals surface area contributed by atoms with Crippen LogP contribution in [0.5, 0.6) is 0 Å². The van der Waals surface area contributed by atoms with Crippen molar-refractivity contribution in [2.24, 2.45) is 11.8 Å². The van der Waals surface area contributed by atoms with Gasteiger partial charge < -0.3 is 0 Å². The van der Waals surface area contributed by atoms with Crippen molar-refractivity contribution in [3.8, 4) is 0 Å². The van der Waals surface area contributed by atoms with Crippen molar-refractivity contribution in [3.63, 3.8) is 0 Å². The number of hydrazine groups is 1. The molecular weight excluding hydrogens is 264 g/mol. The third-order valence-corrected chi connectivity index (χ3v) is 5.47. The summed E-state index contributed by atoms with van der Waals surface area (Å²) in [7, 11) is -2.87. The standard InChI is InChI=1S/C12H22N4O2S/c1-9(2)16-5-3-11(15-16)7-12(14-13)10-4-6-19(17,18)8-10/h3,5,9-10,12,14H,4,6-8,13H2,1-2H3. The van der Waals surface area contributed by atoms with Gasteiger partial charge in [-0.25, -0.2) is 8.42 Å². The van der Waals surface area contributed by atoms with E-state index in [9.17, 15) is 8.42 Å². The lowest BCUT2D eigenvalue weighted by Crippen LogP contribution is -2.43. The lowest BCUT2D eigenvalue weighted by molar-refractivity contribution is 0.380. The van der Waals surface area contributed by atoms with Gasteiger partial charge in [-0.15, -0.1) is 0 Å². The monoisotopic (exact) mass is 286 g/mol. The Balaban J connectivity index is 2.02. The van der Waals surface area contributed by atoms with Gasteiger partial charge in [0.25, 0.3) is 0 Å². The molecule has 108 valence electrons. The molecule has 1 fully saturated rings. The second-order valence-electron chi connectivity index (χ2n) is 5.52. The van der Waals surface area contributed by atoms with E-state index < -0.39 is 9.84 Å². The van der Waals surface area contributed by atoms with Crippen molar-refractivity contribution in [3.05, 3.63) is 18.0 Å². The predicted octanol–water partition coefficient (Wildman–Crippen LogP) is 0.273. The Bertz CT molecular complexity index is 524. The van der Waals surface area contributed by atoms with Gasteiger partial charge in [-0.3, -0.25) is 16.0 Å². The molecule has 6 nitrogen and oxygen atoms in total. The maximum absolute atomic E-state index is 11.5. The molecule has 1 aliphatic heterocycles. The molecule has 0 aliphatic carbocycles. The SMILES string of the molecule is CC(C)n1ccc(CC(NN)C2CCS(=O)(=O)C2)n1. The van der Waals surface area contributed by atoms with Crippen LogP contribution < -0.4 is 11.3 Å². The number of hydrogen-bond donors (Lipinski definition) is 2. The Morgan fingerprint density at radius 1 is 1.58 bits per heavy atom. The lowest BCUT2D eigenvalue weighted by atomic mass is 9.96. The van der Waals surface area contributed by atoms with Crippen molar-refractivity contribution in [2.75, 3.05) is 11.5 Å². The molecule has 1 saturated heterocycles. The van der Waals surface area contributed by atoms with Crippen molar-refractivity contribution < 1.29 is 8.42 Å². The fourth-order valence-electron chi connectivity index (χ4n) is 2.50. The molecule has 2 atom stereocenters. The second-order valence-corrected chi connectivity index (χ2v) is 7.75. The Morgan fingerprint density at radius 2 is 2.32 bits per heavy atom. The van der Waals surface area contributed by atoms with E-state index in [-0.39, 0.29) is 23.5 Å². The highest BCUT2D eigenvalue weighted by Crippen LogP contribution is 2.23. The van der Waals surface area contributed by atoms with E-state index in [1.807, 2.05) is 16.9 Å². The van der Waals surface area contributed by atoms with Crippen LogP contribution in [-0.4, -0.2) is 35.7 Å². The van der Waals surface area contributed by atoms with Crippen LogP contribution in [0.3, 0.4) is 0 Å². The van der Waals surface area contributed by atoms with Gasteiger partial charge in [0.15, 0.2) is 9.84 Å². The van der Waals surface area contributed by atoms with Crippen molar-refractivity contribution >= 4 is 9.84 Å². The molecule has 2 heterocycles. The molecule has 2 unspecified atom stereocenters. The summed E-state index contributed by atoms with van der Waals surface area (Å²) in [6.45, 7) is 4.14. The van der Waals surface area contributed by atoms with Crippen LogP contribution in [0.2, 0.25) is 0 Å². The third kappa shape index (κ3) is 3.55. The maximum Gasteiger partial charge on any atom is 0.150 e. The summed E-state index contributed by atoms with van der Waals surface area (Å²) in [5, 5.41) is 4.48. The summed E-state index contributed by atoms with van der Waals surface area (Å²) in [4.78, 5) is 0. The van der Waals surface area contributed by atoms with Gasteiger partial charge in [-0.05, 0) is 32.3 Å². The molecule has 0 radical (unpaired) electrons. The first kappa shape index (κ1) is 14.5. The van der Waals surface area contributed by atoms with Gasteiger partial charge in [-0.1, -0.05) is 0 Å². The van der Waals surface area contributed by atoms with E-state index in [2.05, 4.69) is 24.4 Å². The Kier molecular flexibility index (Phi) is 4.27. The molecule has 1 aromatic heterocycles. The quantitative estimate of drug-likeness (QED) is 0.599. The molecule has 7 heteroatoms. The van der Waals surface area contributed by atoms with E-state index in [1.54, 1.807) is 0 Å². The smallest absolute Gasteiger partial charge is 0.150 e. The van der Waals surface area contributed by atoms with Crippen LogP contribution >= 0.6 is 0 Å². The molecule has 0 saturated carbocycles. The van der Waals surface area contributed by atoms with Gasteiger partial charge in [0.2, 0.25) is 0 Å². The van der Waals surface area contributed by atoms with Crippen molar-refractivity contribution in [1.29, 1.82) is 0 Å². The fourth-order valence-corrected chi connectivity index (χ4v) is 4.38. The molecule has 2 rings (SSSR count). The molecule has 0 bridgehead atoms. The molecule has 3 N–H and O–H groups in total. The van der Waals surface area contributed by atoms with Crippen LogP contribution in [-0.2, 0) is 16.3 Å². The first-order chi connectivity index (χ1) is 8.91.